The van der Waals surface area contributed by atoms with E-state index in [2.05, 4.69) is 12.2 Å². The van der Waals surface area contributed by atoms with Crippen molar-refractivity contribution in [2.45, 2.75) is 46.5 Å². The molecule has 1 N–H and O–H groups in total. The monoisotopic (exact) mass is 254 g/mol. The van der Waals surface area contributed by atoms with Crippen LogP contribution in [0.3, 0.4) is 0 Å². The van der Waals surface area contributed by atoms with E-state index in [1.807, 2.05) is 18.7 Å². The Hall–Kier alpha value is -1.06. The highest BCUT2D eigenvalue weighted by molar-refractivity contribution is 5.82. The van der Waals surface area contributed by atoms with Crippen LogP contribution in [0.5, 0.6) is 0 Å². The highest BCUT2D eigenvalue weighted by atomic mass is 16.2. The number of rotatable bonds is 5. The van der Waals surface area contributed by atoms with Crippen LogP contribution in [0.25, 0.3) is 0 Å². The Morgan fingerprint density at radius 2 is 2.11 bits per heavy atom. The van der Waals surface area contributed by atoms with E-state index in [9.17, 15) is 9.59 Å². The SMILES string of the molecule is CCC[C@@H](C)C(=O)N1CCC[C@H](C(=O)NCC)C1. The minimum absolute atomic E-state index is 0.0172. The van der Waals surface area contributed by atoms with Crippen LogP contribution in [0, 0.1) is 11.8 Å². The van der Waals surface area contributed by atoms with E-state index in [4.69, 9.17) is 0 Å². The fourth-order valence-corrected chi connectivity index (χ4v) is 2.58. The lowest BCUT2D eigenvalue weighted by atomic mass is 9.95. The zero-order valence-electron chi connectivity index (χ0n) is 11.9. The van der Waals surface area contributed by atoms with E-state index in [1.54, 1.807) is 0 Å². The third-order valence-electron chi connectivity index (χ3n) is 3.60. The lowest BCUT2D eigenvalue weighted by Crippen LogP contribution is -2.46. The Morgan fingerprint density at radius 1 is 1.39 bits per heavy atom. The van der Waals surface area contributed by atoms with Crippen molar-refractivity contribution in [2.24, 2.45) is 11.8 Å². The third-order valence-corrected chi connectivity index (χ3v) is 3.60. The smallest absolute Gasteiger partial charge is 0.225 e. The minimum Gasteiger partial charge on any atom is -0.356 e. The van der Waals surface area contributed by atoms with Crippen LogP contribution in [-0.4, -0.2) is 36.3 Å². The van der Waals surface area contributed by atoms with Gasteiger partial charge in [-0.05, 0) is 26.2 Å². The van der Waals surface area contributed by atoms with E-state index in [-0.39, 0.29) is 23.7 Å². The van der Waals surface area contributed by atoms with Gasteiger partial charge >= 0.3 is 0 Å². The predicted molar refractivity (Wildman–Crippen MR) is 72.1 cm³/mol. The van der Waals surface area contributed by atoms with E-state index in [0.717, 1.165) is 32.2 Å². The van der Waals surface area contributed by atoms with E-state index in [0.29, 0.717) is 13.1 Å². The molecule has 2 atom stereocenters. The molecule has 0 bridgehead atoms. The van der Waals surface area contributed by atoms with Gasteiger partial charge < -0.3 is 10.2 Å². The molecule has 0 aromatic heterocycles. The summed E-state index contributed by atoms with van der Waals surface area (Å²) < 4.78 is 0. The molecular formula is C14H26N2O2. The molecule has 1 aliphatic heterocycles. The normalized spacial score (nSPS) is 21.5. The number of hydrogen-bond acceptors (Lipinski definition) is 2. The van der Waals surface area contributed by atoms with Gasteiger partial charge in [-0.3, -0.25) is 9.59 Å². The van der Waals surface area contributed by atoms with Gasteiger partial charge in [-0.25, -0.2) is 0 Å². The van der Waals surface area contributed by atoms with Crippen LogP contribution in [-0.2, 0) is 9.59 Å². The van der Waals surface area contributed by atoms with Gasteiger partial charge in [0.2, 0.25) is 11.8 Å². The highest BCUT2D eigenvalue weighted by Crippen LogP contribution is 2.20. The molecule has 2 amide bonds. The molecule has 0 radical (unpaired) electrons. The molecule has 0 spiro atoms. The Morgan fingerprint density at radius 3 is 2.72 bits per heavy atom. The van der Waals surface area contributed by atoms with Crippen LogP contribution in [0.1, 0.15) is 46.5 Å². The Bertz CT molecular complexity index is 292. The number of amides is 2. The summed E-state index contributed by atoms with van der Waals surface area (Å²) in [5.41, 5.74) is 0. The number of nitrogens with zero attached hydrogens (tertiary/aromatic N) is 1. The highest BCUT2D eigenvalue weighted by Gasteiger charge is 2.29. The second-order valence-electron chi connectivity index (χ2n) is 5.21. The summed E-state index contributed by atoms with van der Waals surface area (Å²) in [5, 5.41) is 2.85. The molecule has 1 fully saturated rings. The first-order chi connectivity index (χ1) is 8.60. The number of likely N-dealkylation sites (tertiary alicyclic amines) is 1. The van der Waals surface area contributed by atoms with E-state index < -0.39 is 0 Å². The number of piperidine rings is 1. The zero-order chi connectivity index (χ0) is 13.5. The third kappa shape index (κ3) is 4.00. The molecule has 104 valence electrons. The van der Waals surface area contributed by atoms with E-state index >= 15 is 0 Å². The molecule has 1 heterocycles. The fourth-order valence-electron chi connectivity index (χ4n) is 2.58. The van der Waals surface area contributed by atoms with Gasteiger partial charge in [-0.15, -0.1) is 0 Å². The van der Waals surface area contributed by atoms with Crippen molar-refractivity contribution in [1.82, 2.24) is 10.2 Å². The number of hydrogen-bond donors (Lipinski definition) is 1. The standard InChI is InChI=1S/C14H26N2O2/c1-4-7-11(3)14(18)16-9-6-8-12(10-16)13(17)15-5-2/h11-12H,4-10H2,1-3H3,(H,15,17)/t11-,12+/m1/s1. The average molecular weight is 254 g/mol. The average Bonchev–Trinajstić information content (AvgIpc) is 2.38. The first-order valence-electron chi connectivity index (χ1n) is 7.16. The van der Waals surface area contributed by atoms with Gasteiger partial charge in [0.1, 0.15) is 0 Å². The molecular weight excluding hydrogens is 228 g/mol. The second kappa shape index (κ2) is 7.39. The van der Waals surface area contributed by atoms with Gasteiger partial charge in [-0.1, -0.05) is 20.3 Å². The Balaban J connectivity index is 2.52. The van der Waals surface area contributed by atoms with Crippen molar-refractivity contribution >= 4 is 11.8 Å². The summed E-state index contributed by atoms with van der Waals surface area (Å²) in [6.45, 7) is 8.07. The van der Waals surface area contributed by atoms with Crippen LogP contribution in [0.4, 0.5) is 0 Å². The number of carbonyl (C=O) groups is 2. The molecule has 1 rings (SSSR count). The molecule has 0 aliphatic carbocycles. The summed E-state index contributed by atoms with van der Waals surface area (Å²) in [5.74, 6) is 0.378. The lowest BCUT2D eigenvalue weighted by molar-refractivity contribution is -0.139. The van der Waals surface area contributed by atoms with Crippen LogP contribution >= 0.6 is 0 Å². The molecule has 18 heavy (non-hydrogen) atoms. The Kier molecular flexibility index (Phi) is 6.16. The molecule has 4 nitrogen and oxygen atoms in total. The molecule has 0 unspecified atom stereocenters. The van der Waals surface area contributed by atoms with Gasteiger partial charge in [0.05, 0.1) is 5.92 Å². The van der Waals surface area contributed by atoms with Crippen molar-refractivity contribution in [1.29, 1.82) is 0 Å². The quantitative estimate of drug-likeness (QED) is 0.813. The maximum Gasteiger partial charge on any atom is 0.225 e. The van der Waals surface area contributed by atoms with Crippen molar-refractivity contribution in [3.63, 3.8) is 0 Å². The maximum atomic E-state index is 12.2. The van der Waals surface area contributed by atoms with Crippen molar-refractivity contribution in [2.75, 3.05) is 19.6 Å². The summed E-state index contributed by atoms with van der Waals surface area (Å²) >= 11 is 0. The topological polar surface area (TPSA) is 49.4 Å². The summed E-state index contributed by atoms with van der Waals surface area (Å²) in [4.78, 5) is 25.9. The van der Waals surface area contributed by atoms with E-state index in [1.165, 1.54) is 0 Å². The van der Waals surface area contributed by atoms with Gasteiger partial charge in [0, 0.05) is 25.6 Å². The lowest BCUT2D eigenvalue weighted by Gasteiger charge is -2.33. The summed E-state index contributed by atoms with van der Waals surface area (Å²) in [6, 6.07) is 0. The predicted octanol–water partition coefficient (Wildman–Crippen LogP) is 1.80. The minimum atomic E-state index is -0.0172. The second-order valence-corrected chi connectivity index (χ2v) is 5.21. The van der Waals surface area contributed by atoms with Crippen molar-refractivity contribution < 1.29 is 9.59 Å². The molecule has 0 saturated carbocycles. The maximum absolute atomic E-state index is 12.2. The van der Waals surface area contributed by atoms with Crippen LogP contribution in [0.2, 0.25) is 0 Å². The van der Waals surface area contributed by atoms with Crippen LogP contribution in [0.15, 0.2) is 0 Å². The first-order valence-corrected chi connectivity index (χ1v) is 7.16. The summed E-state index contributed by atoms with van der Waals surface area (Å²) in [6.07, 6.45) is 3.80. The van der Waals surface area contributed by atoms with Crippen molar-refractivity contribution in [3.8, 4) is 0 Å². The largest absolute Gasteiger partial charge is 0.356 e. The molecule has 1 aliphatic rings. The molecule has 0 aromatic rings. The van der Waals surface area contributed by atoms with Crippen LogP contribution < -0.4 is 5.32 Å². The zero-order valence-corrected chi connectivity index (χ0v) is 11.9. The molecule has 4 heteroatoms. The van der Waals surface area contributed by atoms with Gasteiger partial charge in [0.25, 0.3) is 0 Å². The Labute approximate surface area is 110 Å². The summed E-state index contributed by atoms with van der Waals surface area (Å²) in [7, 11) is 0. The molecule has 1 saturated heterocycles. The van der Waals surface area contributed by atoms with Gasteiger partial charge in [-0.2, -0.15) is 0 Å². The number of nitrogens with one attached hydrogen (secondary N) is 1. The fraction of sp³-hybridized carbons (Fsp3) is 0.857. The first kappa shape index (κ1) is 15.0. The van der Waals surface area contributed by atoms with Gasteiger partial charge in [0.15, 0.2) is 0 Å². The molecule has 0 aromatic carbocycles. The number of carbonyl (C=O) groups excluding carboxylic acids is 2. The van der Waals surface area contributed by atoms with Crippen molar-refractivity contribution in [3.05, 3.63) is 0 Å².